The van der Waals surface area contributed by atoms with Gasteiger partial charge in [-0.05, 0) is 97.4 Å². The molecule has 0 aliphatic carbocycles. The number of rotatable bonds is 47. The van der Waals surface area contributed by atoms with Crippen molar-refractivity contribution in [2.75, 3.05) is 6.54 Å². The highest BCUT2D eigenvalue weighted by Gasteiger charge is 2.42. The molecular formula is C77H102N16O24. The number of nitrogens with two attached hydrogens (primary N) is 4. The highest BCUT2D eigenvalue weighted by Crippen LogP contribution is 2.22. The fourth-order valence-electron chi connectivity index (χ4n) is 12.4. The number of carbonyl (C=O) groups is 18. The maximum Gasteiger partial charge on any atom is 0.326 e. The summed E-state index contributed by atoms with van der Waals surface area (Å²) in [5.41, 5.74) is 24.2. The van der Waals surface area contributed by atoms with Crippen LogP contribution in [-0.2, 0) is 112 Å². The molecular weight excluding hydrogens is 1530 g/mol. The lowest BCUT2D eigenvalue weighted by Crippen LogP contribution is -2.63. The molecule has 634 valence electrons. The van der Waals surface area contributed by atoms with E-state index in [-0.39, 0.29) is 61.6 Å². The quantitative estimate of drug-likeness (QED) is 0.0197. The van der Waals surface area contributed by atoms with Crippen LogP contribution in [0, 0.1) is 11.8 Å². The standard InChI is InChI=1S/C77H102N16O24/c1-38(2)27-48(65(104)84-51(31-42-15-10-7-11-16-42)69(108)91-57(77(116)117)35-61(81)99)82-68(107)52(32-44-20-24-46(96)25-21-44)90-75(114)64(40(5)94)92-73(112)54(34-60(80)98)87-71(110)55(36-62(100)101)88-67(106)50(30-41-13-8-6-9-14-41)85-70(109)53(33-59(79)97)86-66(105)49(28-39(3)4)83-72(111)56(37-63(102)103)89-74(113)58-17-12-26-93(58)76(115)47(78)29-43-18-22-45(95)23-19-43/h6-11,13-16,18-25,38-40,47-58,64,94-96H,12,17,26-37,78H2,1-5H3,(H2,79,97)(H2,80,98)(H2,81,99)(H,82,107)(H,83,111)(H,84,104)(H,85,109)(H,86,105)(H,87,110)(H,88,106)(H,89,113)(H,90,114)(H,91,108)(H,92,112)(H,100,101)(H,102,103)(H,116,117)/t40-,47+,48+,49+,50+,51+,52+,53+,54+,55+,56+,57+,58+,64+/m1/s1. The van der Waals surface area contributed by atoms with E-state index in [2.05, 4.69) is 58.5 Å². The maximum absolute atomic E-state index is 14.6. The van der Waals surface area contributed by atoms with E-state index in [1.807, 2.05) is 0 Å². The highest BCUT2D eigenvalue weighted by atomic mass is 16.4. The molecule has 0 radical (unpaired) electrons. The molecule has 5 rings (SSSR count). The van der Waals surface area contributed by atoms with Crippen LogP contribution in [0.15, 0.2) is 109 Å². The van der Waals surface area contributed by atoms with Crippen molar-refractivity contribution in [2.45, 2.75) is 203 Å². The summed E-state index contributed by atoms with van der Waals surface area (Å²) >= 11 is 0. The summed E-state index contributed by atoms with van der Waals surface area (Å²) in [5, 5.41) is 86.3. The third kappa shape index (κ3) is 32.0. The molecule has 1 saturated heterocycles. The molecule has 25 N–H and O–H groups in total. The lowest BCUT2D eigenvalue weighted by molar-refractivity contribution is -0.144. The van der Waals surface area contributed by atoms with E-state index in [1.54, 1.807) is 76.2 Å². The number of nitrogens with one attached hydrogen (secondary N) is 11. The van der Waals surface area contributed by atoms with Gasteiger partial charge in [-0.3, -0.25) is 81.5 Å². The van der Waals surface area contributed by atoms with E-state index in [4.69, 9.17) is 22.9 Å². The number of hydrogen-bond donors (Lipinski definition) is 21. The molecule has 15 amide bonds. The van der Waals surface area contributed by atoms with Crippen molar-refractivity contribution >= 4 is 107 Å². The Balaban J connectivity index is 1.37. The molecule has 4 aromatic rings. The number of aliphatic hydroxyl groups excluding tert-OH is 1. The first-order valence-electron chi connectivity index (χ1n) is 37.3. The zero-order chi connectivity index (χ0) is 87.1. The van der Waals surface area contributed by atoms with Crippen LogP contribution >= 0.6 is 0 Å². The second kappa shape index (κ2) is 45.7. The zero-order valence-electron chi connectivity index (χ0n) is 64.8. The van der Waals surface area contributed by atoms with E-state index in [0.717, 1.165) is 6.92 Å². The van der Waals surface area contributed by atoms with Crippen molar-refractivity contribution in [1.82, 2.24) is 63.4 Å². The van der Waals surface area contributed by atoms with E-state index in [1.165, 1.54) is 65.6 Å². The molecule has 14 atom stereocenters. The number of amides is 15. The predicted molar refractivity (Wildman–Crippen MR) is 412 cm³/mol. The van der Waals surface area contributed by atoms with Crippen LogP contribution < -0.4 is 81.4 Å². The minimum Gasteiger partial charge on any atom is -0.508 e. The van der Waals surface area contributed by atoms with Crippen molar-refractivity contribution in [1.29, 1.82) is 0 Å². The van der Waals surface area contributed by atoms with Gasteiger partial charge in [0, 0.05) is 25.8 Å². The summed E-state index contributed by atoms with van der Waals surface area (Å²) < 4.78 is 0. The Labute approximate surface area is 671 Å². The first-order valence-corrected chi connectivity index (χ1v) is 37.3. The molecule has 0 unspecified atom stereocenters. The SMILES string of the molecule is CC(C)C[C@H](NC(=O)[C@H](Cc1ccc(O)cc1)NC(=O)[C@@H](NC(=O)[C@H](CC(N)=O)NC(=O)[C@H](CC(=O)O)NC(=O)[C@H](Cc1ccccc1)NC(=O)[C@H](CC(N)=O)NC(=O)[C@H](CC(C)C)NC(=O)[C@H](CC(=O)O)NC(=O)[C@@H]1CCCN1C(=O)[C@@H](N)Cc1ccc(O)cc1)[C@@H](C)O)C(=O)N[C@@H](Cc1ccccc1)C(=O)N[C@@H](CC(N)=O)C(=O)O. The number of aromatic hydroxyl groups is 2. The molecule has 40 heteroatoms. The third-order valence-corrected chi connectivity index (χ3v) is 18.3. The van der Waals surface area contributed by atoms with E-state index in [9.17, 15) is 117 Å². The van der Waals surface area contributed by atoms with E-state index < -0.39 is 242 Å². The molecule has 4 aromatic carbocycles. The first-order chi connectivity index (χ1) is 55.1. The molecule has 0 bridgehead atoms. The molecule has 0 spiro atoms. The average Bonchev–Trinajstić information content (AvgIpc) is 1.73. The second-order valence-electron chi connectivity index (χ2n) is 29.1. The lowest BCUT2D eigenvalue weighted by atomic mass is 9.99. The second-order valence-corrected chi connectivity index (χ2v) is 29.1. The number of carboxylic acids is 3. The average molecular weight is 1640 g/mol. The minimum atomic E-state index is -2.24. The maximum atomic E-state index is 14.6. The lowest BCUT2D eigenvalue weighted by Gasteiger charge is -2.29. The molecule has 0 aromatic heterocycles. The summed E-state index contributed by atoms with van der Waals surface area (Å²) in [6.45, 7) is 7.65. The van der Waals surface area contributed by atoms with Crippen molar-refractivity contribution in [3.8, 4) is 11.5 Å². The monoisotopic (exact) mass is 1630 g/mol. The summed E-state index contributed by atoms with van der Waals surface area (Å²) in [7, 11) is 0. The van der Waals surface area contributed by atoms with Gasteiger partial charge in [0.05, 0.1) is 44.2 Å². The topological polar surface area (TPSA) is 668 Å². The van der Waals surface area contributed by atoms with Crippen molar-refractivity contribution in [2.24, 2.45) is 34.8 Å². The van der Waals surface area contributed by atoms with Gasteiger partial charge in [0.1, 0.15) is 84.0 Å². The number of likely N-dealkylation sites (tertiary alicyclic amines) is 1. The number of primary amides is 3. The molecule has 1 aliphatic rings. The summed E-state index contributed by atoms with van der Waals surface area (Å²) in [5.74, 6) is -23.8. The van der Waals surface area contributed by atoms with Crippen molar-refractivity contribution in [3.05, 3.63) is 131 Å². The molecule has 1 fully saturated rings. The number of phenols is 2. The molecule has 1 heterocycles. The van der Waals surface area contributed by atoms with Crippen LogP contribution in [0.25, 0.3) is 0 Å². The van der Waals surface area contributed by atoms with Crippen LogP contribution in [-0.4, -0.2) is 233 Å². The first kappa shape index (κ1) is 94.5. The number of aliphatic hydroxyl groups is 1. The van der Waals surface area contributed by atoms with Gasteiger partial charge < -0.3 is 117 Å². The van der Waals surface area contributed by atoms with Crippen LogP contribution in [0.3, 0.4) is 0 Å². The molecule has 1 aliphatic heterocycles. The van der Waals surface area contributed by atoms with Crippen molar-refractivity contribution < 1.29 is 117 Å². The van der Waals surface area contributed by atoms with Crippen LogP contribution in [0.4, 0.5) is 0 Å². The number of carboxylic acid groups (broad SMARTS) is 3. The van der Waals surface area contributed by atoms with Gasteiger partial charge in [-0.2, -0.15) is 0 Å². The number of benzene rings is 4. The number of carbonyl (C=O) groups excluding carboxylic acids is 15. The van der Waals surface area contributed by atoms with Crippen LogP contribution in [0.5, 0.6) is 11.5 Å². The molecule has 0 saturated carbocycles. The molecule has 40 nitrogen and oxygen atoms in total. The largest absolute Gasteiger partial charge is 0.508 e. The predicted octanol–water partition coefficient (Wildman–Crippen LogP) is -4.85. The van der Waals surface area contributed by atoms with Gasteiger partial charge in [0.15, 0.2) is 0 Å². The van der Waals surface area contributed by atoms with Gasteiger partial charge in [0.25, 0.3) is 0 Å². The smallest absolute Gasteiger partial charge is 0.326 e. The van der Waals surface area contributed by atoms with Gasteiger partial charge in [-0.15, -0.1) is 0 Å². The Hall–Kier alpha value is -13.1. The fraction of sp³-hybridized carbons (Fsp3) is 0.455. The number of nitrogens with zero attached hydrogens (tertiary/aromatic N) is 1. The Morgan fingerprint density at radius 1 is 0.376 bits per heavy atom. The van der Waals surface area contributed by atoms with Gasteiger partial charge in [-0.25, -0.2) is 4.79 Å². The highest BCUT2D eigenvalue weighted by molar-refractivity contribution is 6.02. The van der Waals surface area contributed by atoms with E-state index in [0.29, 0.717) is 23.1 Å². The minimum absolute atomic E-state index is 0.0178. The Bertz CT molecular complexity index is 4210. The third-order valence-electron chi connectivity index (χ3n) is 18.3. The Morgan fingerprint density at radius 3 is 1.03 bits per heavy atom. The summed E-state index contributed by atoms with van der Waals surface area (Å²) in [4.78, 5) is 246. The summed E-state index contributed by atoms with van der Waals surface area (Å²) in [6.07, 6.45) is -8.35. The van der Waals surface area contributed by atoms with Crippen LogP contribution in [0.2, 0.25) is 0 Å². The normalized spacial score (nSPS) is 15.7. The number of hydrogen-bond acceptors (Lipinski definition) is 22. The van der Waals surface area contributed by atoms with Gasteiger partial charge >= 0.3 is 17.9 Å². The van der Waals surface area contributed by atoms with Gasteiger partial charge in [0.2, 0.25) is 88.6 Å². The van der Waals surface area contributed by atoms with E-state index >= 15 is 0 Å². The Morgan fingerprint density at radius 2 is 0.675 bits per heavy atom. The van der Waals surface area contributed by atoms with Crippen LogP contribution in [0.1, 0.15) is 115 Å². The number of aliphatic carboxylic acids is 3. The summed E-state index contributed by atoms with van der Waals surface area (Å²) in [6, 6.07) is 3.74. The molecule has 117 heavy (non-hydrogen) atoms. The number of phenolic OH excluding ortho intramolecular Hbond substituents is 2. The zero-order valence-corrected chi connectivity index (χ0v) is 64.8. The van der Waals surface area contributed by atoms with Crippen molar-refractivity contribution in [3.63, 3.8) is 0 Å². The Kier molecular flexibility index (Phi) is 36.9. The van der Waals surface area contributed by atoms with Gasteiger partial charge in [-0.1, -0.05) is 113 Å². The fourth-order valence-corrected chi connectivity index (χ4v) is 12.4.